The van der Waals surface area contributed by atoms with Gasteiger partial charge < -0.3 is 15.2 Å². The standard InChI is InChI=1S/C16H23N5OS/c1-2-13-10-20-14(23-13)5-6-19-16(22)21-9-3-4-12(11-21)15-17-7-8-18-15/h7-8,10,12H,2-6,9,11H2,1H3,(H,17,18)(H,19,22). The zero-order valence-electron chi connectivity index (χ0n) is 13.4. The number of aromatic nitrogens is 3. The third kappa shape index (κ3) is 4.10. The Kier molecular flexibility index (Phi) is 5.27. The Labute approximate surface area is 140 Å². The number of aryl methyl sites for hydroxylation is 1. The predicted octanol–water partition coefficient (Wildman–Crippen LogP) is 2.56. The molecule has 1 unspecified atom stereocenters. The van der Waals surface area contributed by atoms with E-state index in [9.17, 15) is 4.79 Å². The van der Waals surface area contributed by atoms with Crippen LogP contribution in [0.1, 0.15) is 41.4 Å². The summed E-state index contributed by atoms with van der Waals surface area (Å²) in [4.78, 5) is 27.4. The second kappa shape index (κ2) is 7.59. The number of rotatable bonds is 5. The maximum Gasteiger partial charge on any atom is 0.317 e. The fourth-order valence-corrected chi connectivity index (χ4v) is 3.76. The van der Waals surface area contributed by atoms with Crippen molar-refractivity contribution in [1.82, 2.24) is 25.2 Å². The van der Waals surface area contributed by atoms with Crippen LogP contribution in [0.3, 0.4) is 0 Å². The minimum atomic E-state index is 0.0218. The number of nitrogens with zero attached hydrogens (tertiary/aromatic N) is 3. The van der Waals surface area contributed by atoms with Gasteiger partial charge in [-0.2, -0.15) is 0 Å². The summed E-state index contributed by atoms with van der Waals surface area (Å²) >= 11 is 1.73. The van der Waals surface area contributed by atoms with Crippen LogP contribution >= 0.6 is 11.3 Å². The highest BCUT2D eigenvalue weighted by Crippen LogP contribution is 2.24. The number of imidazole rings is 1. The molecular formula is C16H23N5OS. The summed E-state index contributed by atoms with van der Waals surface area (Å²) in [5.74, 6) is 1.30. The second-order valence-corrected chi connectivity index (χ2v) is 7.02. The summed E-state index contributed by atoms with van der Waals surface area (Å²) in [6, 6.07) is 0.0218. The SMILES string of the molecule is CCc1cnc(CCNC(=O)N2CCCC(c3ncc[nH]3)C2)s1. The van der Waals surface area contributed by atoms with Gasteiger partial charge in [0.1, 0.15) is 5.82 Å². The molecule has 7 heteroatoms. The van der Waals surface area contributed by atoms with Crippen molar-refractivity contribution < 1.29 is 4.79 Å². The Morgan fingerprint density at radius 2 is 2.43 bits per heavy atom. The van der Waals surface area contributed by atoms with E-state index in [4.69, 9.17) is 0 Å². The van der Waals surface area contributed by atoms with E-state index >= 15 is 0 Å². The van der Waals surface area contributed by atoms with Crippen molar-refractivity contribution in [3.05, 3.63) is 34.3 Å². The normalized spacial score (nSPS) is 18.1. The first-order valence-electron chi connectivity index (χ1n) is 8.22. The lowest BCUT2D eigenvalue weighted by Gasteiger charge is -2.31. The minimum Gasteiger partial charge on any atom is -0.348 e. The quantitative estimate of drug-likeness (QED) is 0.883. The molecule has 2 aromatic rings. The molecule has 0 radical (unpaired) electrons. The van der Waals surface area contributed by atoms with Gasteiger partial charge in [0.15, 0.2) is 0 Å². The van der Waals surface area contributed by atoms with Gasteiger partial charge in [0.25, 0.3) is 0 Å². The predicted molar refractivity (Wildman–Crippen MR) is 90.7 cm³/mol. The molecule has 2 aromatic heterocycles. The first kappa shape index (κ1) is 16.0. The van der Waals surface area contributed by atoms with Gasteiger partial charge >= 0.3 is 6.03 Å². The fourth-order valence-electron chi connectivity index (χ4n) is 2.90. The van der Waals surface area contributed by atoms with Crippen LogP contribution in [0.15, 0.2) is 18.6 Å². The number of nitrogens with one attached hydrogen (secondary N) is 2. The molecule has 3 rings (SSSR count). The topological polar surface area (TPSA) is 73.9 Å². The van der Waals surface area contributed by atoms with Crippen LogP contribution in [0.5, 0.6) is 0 Å². The number of aromatic amines is 1. The number of carbonyl (C=O) groups excluding carboxylic acids is 1. The molecule has 0 spiro atoms. The molecule has 1 aliphatic rings. The fraction of sp³-hybridized carbons (Fsp3) is 0.562. The van der Waals surface area contributed by atoms with Gasteiger partial charge in [-0.25, -0.2) is 14.8 Å². The molecule has 6 nitrogen and oxygen atoms in total. The molecule has 0 saturated carbocycles. The summed E-state index contributed by atoms with van der Waals surface area (Å²) < 4.78 is 0. The van der Waals surface area contributed by atoms with Crippen LogP contribution in [0.2, 0.25) is 0 Å². The number of likely N-dealkylation sites (tertiary alicyclic amines) is 1. The molecule has 1 atom stereocenters. The summed E-state index contributed by atoms with van der Waals surface area (Å²) in [5, 5.41) is 4.11. The van der Waals surface area contributed by atoms with Crippen LogP contribution in [0, 0.1) is 0 Å². The highest BCUT2D eigenvalue weighted by molar-refractivity contribution is 7.11. The monoisotopic (exact) mass is 333 g/mol. The second-order valence-electron chi connectivity index (χ2n) is 5.82. The van der Waals surface area contributed by atoms with Gasteiger partial charge in [0.05, 0.1) is 5.01 Å². The molecule has 124 valence electrons. The molecule has 1 saturated heterocycles. The maximum atomic E-state index is 12.3. The van der Waals surface area contributed by atoms with E-state index in [1.54, 1.807) is 17.5 Å². The molecule has 0 bridgehead atoms. The lowest BCUT2D eigenvalue weighted by atomic mass is 9.98. The number of hydrogen-bond donors (Lipinski definition) is 2. The van der Waals surface area contributed by atoms with Gasteiger partial charge in [-0.3, -0.25) is 0 Å². The van der Waals surface area contributed by atoms with E-state index in [1.807, 2.05) is 17.3 Å². The van der Waals surface area contributed by atoms with Crippen molar-refractivity contribution in [3.8, 4) is 0 Å². The Hall–Kier alpha value is -1.89. The summed E-state index contributed by atoms with van der Waals surface area (Å²) in [6.45, 7) is 4.32. The third-order valence-electron chi connectivity index (χ3n) is 4.18. The van der Waals surface area contributed by atoms with E-state index in [0.29, 0.717) is 12.5 Å². The van der Waals surface area contributed by atoms with Crippen molar-refractivity contribution in [1.29, 1.82) is 0 Å². The molecule has 3 heterocycles. The third-order valence-corrected chi connectivity index (χ3v) is 5.38. The first-order chi connectivity index (χ1) is 11.3. The lowest BCUT2D eigenvalue weighted by molar-refractivity contribution is 0.178. The molecule has 0 aromatic carbocycles. The van der Waals surface area contributed by atoms with E-state index in [1.165, 1.54) is 4.88 Å². The molecule has 0 aliphatic carbocycles. The number of hydrogen-bond acceptors (Lipinski definition) is 4. The molecular weight excluding hydrogens is 310 g/mol. The van der Waals surface area contributed by atoms with Crippen molar-refractivity contribution in [2.45, 2.75) is 38.5 Å². The summed E-state index contributed by atoms with van der Waals surface area (Å²) in [5.41, 5.74) is 0. The van der Waals surface area contributed by atoms with Crippen LogP contribution in [0.4, 0.5) is 4.79 Å². The number of carbonyl (C=O) groups is 1. The van der Waals surface area contributed by atoms with Crippen molar-refractivity contribution in [2.75, 3.05) is 19.6 Å². The summed E-state index contributed by atoms with van der Waals surface area (Å²) in [7, 11) is 0. The van der Waals surface area contributed by atoms with Gasteiger partial charge in [0.2, 0.25) is 0 Å². The van der Waals surface area contributed by atoms with Gasteiger partial charge in [-0.15, -0.1) is 11.3 Å². The van der Waals surface area contributed by atoms with Crippen LogP contribution in [0.25, 0.3) is 0 Å². The van der Waals surface area contributed by atoms with E-state index in [2.05, 4.69) is 27.2 Å². The molecule has 2 amide bonds. The van der Waals surface area contributed by atoms with E-state index in [-0.39, 0.29) is 6.03 Å². The van der Waals surface area contributed by atoms with Crippen molar-refractivity contribution in [2.24, 2.45) is 0 Å². The molecule has 1 fully saturated rings. The highest BCUT2D eigenvalue weighted by Gasteiger charge is 2.25. The average molecular weight is 333 g/mol. The first-order valence-corrected chi connectivity index (χ1v) is 9.03. The highest BCUT2D eigenvalue weighted by atomic mass is 32.1. The van der Waals surface area contributed by atoms with E-state index in [0.717, 1.165) is 49.6 Å². The average Bonchev–Trinajstić information content (AvgIpc) is 3.26. The van der Waals surface area contributed by atoms with Crippen LogP contribution in [-0.4, -0.2) is 45.5 Å². The Balaban J connectivity index is 1.46. The zero-order chi connectivity index (χ0) is 16.1. The lowest BCUT2D eigenvalue weighted by Crippen LogP contribution is -2.45. The number of H-pyrrole nitrogens is 1. The van der Waals surface area contributed by atoms with Crippen molar-refractivity contribution >= 4 is 17.4 Å². The van der Waals surface area contributed by atoms with Crippen molar-refractivity contribution in [3.63, 3.8) is 0 Å². The Morgan fingerprint density at radius 3 is 3.17 bits per heavy atom. The van der Waals surface area contributed by atoms with Crippen LogP contribution < -0.4 is 5.32 Å². The summed E-state index contributed by atoms with van der Waals surface area (Å²) in [6.07, 6.45) is 9.46. The minimum absolute atomic E-state index is 0.0218. The van der Waals surface area contributed by atoms with Crippen LogP contribution in [-0.2, 0) is 12.8 Å². The Bertz CT molecular complexity index is 624. The largest absolute Gasteiger partial charge is 0.348 e. The van der Waals surface area contributed by atoms with Gasteiger partial charge in [-0.05, 0) is 19.3 Å². The van der Waals surface area contributed by atoms with Gasteiger partial charge in [0, 0.05) is 55.4 Å². The zero-order valence-corrected chi connectivity index (χ0v) is 14.2. The number of thiazole rings is 1. The van der Waals surface area contributed by atoms with Gasteiger partial charge in [-0.1, -0.05) is 6.92 Å². The Morgan fingerprint density at radius 1 is 1.52 bits per heavy atom. The smallest absolute Gasteiger partial charge is 0.317 e. The number of urea groups is 1. The number of piperidine rings is 1. The molecule has 23 heavy (non-hydrogen) atoms. The molecule has 1 aliphatic heterocycles. The van der Waals surface area contributed by atoms with E-state index < -0.39 is 0 Å². The molecule has 2 N–H and O–H groups in total. The number of amides is 2. The maximum absolute atomic E-state index is 12.3.